The van der Waals surface area contributed by atoms with Crippen molar-refractivity contribution in [3.63, 3.8) is 0 Å². The number of aryl methyl sites for hydroxylation is 2. The van der Waals surface area contributed by atoms with E-state index in [0.29, 0.717) is 16.6 Å². The summed E-state index contributed by atoms with van der Waals surface area (Å²) in [5.74, 6) is 1.21. The second-order valence-corrected chi connectivity index (χ2v) is 4.65. The Morgan fingerprint density at radius 1 is 1.23 bits per heavy atom. The average molecular weight is 297 g/mol. The smallest absolute Gasteiger partial charge is 0.338 e. The van der Waals surface area contributed by atoms with E-state index in [2.05, 4.69) is 21.2 Å². The van der Waals surface area contributed by atoms with Crippen molar-refractivity contribution < 1.29 is 14.3 Å². The molecular formula is C16H15N3O3. The molecule has 6 nitrogen and oxygen atoms in total. The van der Waals surface area contributed by atoms with Gasteiger partial charge in [-0.15, -0.1) is 6.42 Å². The van der Waals surface area contributed by atoms with Gasteiger partial charge in [0.15, 0.2) is 6.61 Å². The highest BCUT2D eigenvalue weighted by Crippen LogP contribution is 2.15. The van der Waals surface area contributed by atoms with Crippen LogP contribution >= 0.6 is 0 Å². The van der Waals surface area contributed by atoms with Gasteiger partial charge in [0.2, 0.25) is 0 Å². The average Bonchev–Trinajstić information content (AvgIpc) is 2.51. The minimum absolute atomic E-state index is 0.0978. The van der Waals surface area contributed by atoms with Crippen LogP contribution in [0.25, 0.3) is 11.0 Å². The Bertz CT molecular complexity index is 778. The summed E-state index contributed by atoms with van der Waals surface area (Å²) in [6.07, 6.45) is 5.01. The highest BCUT2D eigenvalue weighted by molar-refractivity contribution is 5.94. The van der Waals surface area contributed by atoms with Crippen molar-refractivity contribution in [3.8, 4) is 12.3 Å². The number of terminal acetylenes is 1. The third kappa shape index (κ3) is 3.58. The highest BCUT2D eigenvalue weighted by atomic mass is 16.5. The normalized spacial score (nSPS) is 10.0. The van der Waals surface area contributed by atoms with Crippen LogP contribution in [0.4, 0.5) is 0 Å². The molecule has 0 radical (unpaired) electrons. The molecule has 0 saturated heterocycles. The second kappa shape index (κ2) is 6.68. The zero-order chi connectivity index (χ0) is 16.1. The van der Waals surface area contributed by atoms with Crippen LogP contribution in [0.5, 0.6) is 0 Å². The number of benzene rings is 1. The molecule has 0 aliphatic heterocycles. The zero-order valence-electron chi connectivity index (χ0n) is 12.3. The molecule has 1 heterocycles. The lowest BCUT2D eigenvalue weighted by molar-refractivity contribution is -0.123. The summed E-state index contributed by atoms with van der Waals surface area (Å²) in [5, 5.41) is 2.41. The molecule has 2 rings (SSSR count). The summed E-state index contributed by atoms with van der Waals surface area (Å²) < 4.78 is 4.92. The van der Waals surface area contributed by atoms with Gasteiger partial charge in [-0.1, -0.05) is 5.92 Å². The van der Waals surface area contributed by atoms with Gasteiger partial charge >= 0.3 is 5.97 Å². The maximum absolute atomic E-state index is 11.9. The molecule has 6 heteroatoms. The minimum Gasteiger partial charge on any atom is -0.452 e. The van der Waals surface area contributed by atoms with Gasteiger partial charge in [0.25, 0.3) is 5.91 Å². The van der Waals surface area contributed by atoms with Gasteiger partial charge in [-0.3, -0.25) is 4.79 Å². The van der Waals surface area contributed by atoms with E-state index < -0.39 is 11.9 Å². The summed E-state index contributed by atoms with van der Waals surface area (Å²) in [7, 11) is 0. The fourth-order valence-electron chi connectivity index (χ4n) is 1.77. The van der Waals surface area contributed by atoms with E-state index in [4.69, 9.17) is 11.2 Å². The Morgan fingerprint density at radius 3 is 2.59 bits per heavy atom. The van der Waals surface area contributed by atoms with E-state index >= 15 is 0 Å². The molecular weight excluding hydrogens is 282 g/mol. The Labute approximate surface area is 127 Å². The van der Waals surface area contributed by atoms with Crippen LogP contribution in [-0.2, 0) is 9.53 Å². The highest BCUT2D eigenvalue weighted by Gasteiger charge is 2.11. The molecule has 0 aliphatic carbocycles. The lowest BCUT2D eigenvalue weighted by Crippen LogP contribution is -2.28. The molecule has 1 aromatic carbocycles. The number of rotatable bonds is 4. The lowest BCUT2D eigenvalue weighted by atomic mass is 10.2. The summed E-state index contributed by atoms with van der Waals surface area (Å²) in [6, 6.07) is 4.88. The maximum atomic E-state index is 11.9. The van der Waals surface area contributed by atoms with E-state index in [1.165, 1.54) is 0 Å². The summed E-state index contributed by atoms with van der Waals surface area (Å²) in [4.78, 5) is 32.0. The fourth-order valence-corrected chi connectivity index (χ4v) is 1.77. The largest absolute Gasteiger partial charge is 0.452 e. The molecule has 1 amide bonds. The molecule has 2 aromatic rings. The first-order valence-corrected chi connectivity index (χ1v) is 6.63. The van der Waals surface area contributed by atoms with E-state index in [1.54, 1.807) is 18.2 Å². The number of amides is 1. The van der Waals surface area contributed by atoms with Crippen LogP contribution in [-0.4, -0.2) is 35.0 Å². The van der Waals surface area contributed by atoms with E-state index in [-0.39, 0.29) is 13.2 Å². The topological polar surface area (TPSA) is 81.2 Å². The number of ether oxygens (including phenoxy) is 1. The molecule has 1 aromatic heterocycles. The van der Waals surface area contributed by atoms with Gasteiger partial charge in [0, 0.05) is 0 Å². The van der Waals surface area contributed by atoms with Crippen molar-refractivity contribution in [2.75, 3.05) is 13.2 Å². The zero-order valence-corrected chi connectivity index (χ0v) is 12.3. The van der Waals surface area contributed by atoms with Gasteiger partial charge in [-0.2, -0.15) is 0 Å². The number of carbonyl (C=O) groups is 2. The third-order valence-electron chi connectivity index (χ3n) is 3.03. The van der Waals surface area contributed by atoms with Gasteiger partial charge < -0.3 is 10.1 Å². The van der Waals surface area contributed by atoms with Crippen LogP contribution < -0.4 is 5.32 Å². The van der Waals surface area contributed by atoms with Gasteiger partial charge in [-0.05, 0) is 32.0 Å². The minimum atomic E-state index is -0.599. The Morgan fingerprint density at radius 2 is 1.91 bits per heavy atom. The number of aromatic nitrogens is 2. The second-order valence-electron chi connectivity index (χ2n) is 4.65. The molecule has 22 heavy (non-hydrogen) atoms. The van der Waals surface area contributed by atoms with Crippen molar-refractivity contribution in [2.24, 2.45) is 0 Å². The number of esters is 1. The summed E-state index contributed by atoms with van der Waals surface area (Å²) in [6.45, 7) is 3.44. The number of fused-ring (bicyclic) bond motifs is 1. The molecule has 0 bridgehead atoms. The van der Waals surface area contributed by atoms with Crippen LogP contribution in [0.15, 0.2) is 18.2 Å². The molecule has 0 saturated carbocycles. The van der Waals surface area contributed by atoms with Crippen LogP contribution in [0.3, 0.4) is 0 Å². The van der Waals surface area contributed by atoms with E-state index in [1.807, 2.05) is 13.8 Å². The lowest BCUT2D eigenvalue weighted by Gasteiger charge is -2.06. The van der Waals surface area contributed by atoms with Crippen molar-refractivity contribution in [1.82, 2.24) is 15.3 Å². The number of nitrogens with one attached hydrogen (secondary N) is 1. The van der Waals surface area contributed by atoms with E-state index in [9.17, 15) is 9.59 Å². The first kappa shape index (κ1) is 15.4. The Hall–Kier alpha value is -2.94. The molecule has 0 unspecified atom stereocenters. The standard InChI is InChI=1S/C16H15N3O3/c1-4-7-17-15(20)9-22-16(21)12-5-6-13-14(8-12)19-11(3)10(2)18-13/h1,5-6,8H,7,9H2,2-3H3,(H,17,20). The van der Waals surface area contributed by atoms with Gasteiger partial charge in [0.05, 0.1) is 34.5 Å². The molecule has 0 spiro atoms. The van der Waals surface area contributed by atoms with Crippen LogP contribution in [0, 0.1) is 26.2 Å². The molecule has 0 fully saturated rings. The number of nitrogens with zero attached hydrogens (tertiary/aromatic N) is 2. The molecule has 0 aliphatic rings. The molecule has 112 valence electrons. The third-order valence-corrected chi connectivity index (χ3v) is 3.03. The number of hydrogen-bond acceptors (Lipinski definition) is 5. The first-order valence-electron chi connectivity index (χ1n) is 6.63. The van der Waals surface area contributed by atoms with Crippen molar-refractivity contribution in [1.29, 1.82) is 0 Å². The summed E-state index contributed by atoms with van der Waals surface area (Å²) >= 11 is 0. The molecule has 1 N–H and O–H groups in total. The maximum Gasteiger partial charge on any atom is 0.338 e. The monoisotopic (exact) mass is 297 g/mol. The van der Waals surface area contributed by atoms with Gasteiger partial charge in [-0.25, -0.2) is 14.8 Å². The Balaban J connectivity index is 2.10. The van der Waals surface area contributed by atoms with Crippen molar-refractivity contribution >= 4 is 22.9 Å². The fraction of sp³-hybridized carbons (Fsp3) is 0.250. The van der Waals surface area contributed by atoms with Crippen LogP contribution in [0.1, 0.15) is 21.7 Å². The first-order chi connectivity index (χ1) is 10.5. The number of carbonyl (C=O) groups excluding carboxylic acids is 2. The molecule has 0 atom stereocenters. The van der Waals surface area contributed by atoms with Crippen molar-refractivity contribution in [3.05, 3.63) is 35.2 Å². The van der Waals surface area contributed by atoms with Gasteiger partial charge in [0.1, 0.15) is 0 Å². The van der Waals surface area contributed by atoms with Crippen molar-refractivity contribution in [2.45, 2.75) is 13.8 Å². The van der Waals surface area contributed by atoms with E-state index in [0.717, 1.165) is 11.4 Å². The SMILES string of the molecule is C#CCNC(=O)COC(=O)c1ccc2nc(C)c(C)nc2c1. The quantitative estimate of drug-likeness (QED) is 0.676. The predicted octanol–water partition coefficient (Wildman–Crippen LogP) is 1.15. The number of hydrogen-bond donors (Lipinski definition) is 1. The summed E-state index contributed by atoms with van der Waals surface area (Å²) in [5.41, 5.74) is 3.26. The Kier molecular flexibility index (Phi) is 4.69. The van der Waals surface area contributed by atoms with Crippen LogP contribution in [0.2, 0.25) is 0 Å². The predicted molar refractivity (Wildman–Crippen MR) is 81.1 cm³/mol.